The van der Waals surface area contributed by atoms with Gasteiger partial charge in [0.1, 0.15) is 5.75 Å². The molecule has 0 aliphatic heterocycles. The molecule has 1 atom stereocenters. The van der Waals surface area contributed by atoms with Gasteiger partial charge in [-0.05, 0) is 38.5 Å². The summed E-state index contributed by atoms with van der Waals surface area (Å²) in [5.41, 5.74) is 6.73. The highest BCUT2D eigenvalue weighted by Crippen LogP contribution is 2.17. The lowest BCUT2D eigenvalue weighted by molar-refractivity contribution is -0.149. The molecule has 0 amide bonds. The Morgan fingerprint density at radius 2 is 2.06 bits per heavy atom. The number of carbonyl (C=O) groups excluding carboxylic acids is 1. The molecule has 0 radical (unpaired) electrons. The lowest BCUT2D eigenvalue weighted by atomic mass is 10.1. The van der Waals surface area contributed by atoms with E-state index in [1.165, 1.54) is 0 Å². The number of carbonyl (C=O) groups is 1. The van der Waals surface area contributed by atoms with Gasteiger partial charge in [0.2, 0.25) is 0 Å². The fraction of sp³-hybridized carbons (Fsp3) is 0.462. The Morgan fingerprint density at radius 3 is 2.65 bits per heavy atom. The minimum atomic E-state index is -0.369. The van der Waals surface area contributed by atoms with Crippen molar-refractivity contribution in [2.75, 3.05) is 6.61 Å². The van der Waals surface area contributed by atoms with Crippen molar-refractivity contribution in [1.82, 2.24) is 0 Å². The Kier molecular flexibility index (Phi) is 4.97. The van der Waals surface area contributed by atoms with E-state index in [1.54, 1.807) is 19.9 Å². The molecule has 0 heterocycles. The number of esters is 1. The summed E-state index contributed by atoms with van der Waals surface area (Å²) in [6.07, 6.45) is -0.124. The third-order valence-electron chi connectivity index (χ3n) is 2.11. The lowest BCUT2D eigenvalue weighted by Gasteiger charge is -2.11. The number of rotatable bonds is 5. The van der Waals surface area contributed by atoms with Crippen molar-refractivity contribution in [2.45, 2.75) is 32.9 Å². The van der Waals surface area contributed by atoms with Gasteiger partial charge in [0.25, 0.3) is 0 Å². The van der Waals surface area contributed by atoms with Crippen LogP contribution in [-0.4, -0.2) is 18.7 Å². The van der Waals surface area contributed by atoms with Gasteiger partial charge >= 0.3 is 5.97 Å². The molecule has 0 aliphatic carbocycles. The first-order valence-corrected chi connectivity index (χ1v) is 5.67. The Balaban J connectivity index is 2.52. The Labute approximate surface area is 102 Å². The van der Waals surface area contributed by atoms with Gasteiger partial charge in [-0.2, -0.15) is 0 Å². The maximum absolute atomic E-state index is 11.3. The topological polar surface area (TPSA) is 61.5 Å². The molecule has 4 heteroatoms. The molecular formula is C13H19NO3. The first-order chi connectivity index (χ1) is 7.99. The average molecular weight is 237 g/mol. The smallest absolute Gasteiger partial charge is 0.344 e. The van der Waals surface area contributed by atoms with Gasteiger partial charge in [-0.25, -0.2) is 4.79 Å². The van der Waals surface area contributed by atoms with Crippen LogP contribution in [0, 0.1) is 0 Å². The molecule has 0 unspecified atom stereocenters. The highest BCUT2D eigenvalue weighted by Gasteiger charge is 2.07. The molecule has 0 saturated heterocycles. The van der Waals surface area contributed by atoms with Crippen LogP contribution in [-0.2, 0) is 9.53 Å². The molecule has 1 aromatic rings. The predicted molar refractivity (Wildman–Crippen MR) is 65.8 cm³/mol. The zero-order valence-corrected chi connectivity index (χ0v) is 10.5. The van der Waals surface area contributed by atoms with Gasteiger partial charge in [-0.15, -0.1) is 0 Å². The van der Waals surface area contributed by atoms with Crippen molar-refractivity contribution < 1.29 is 14.3 Å². The summed E-state index contributed by atoms with van der Waals surface area (Å²) >= 11 is 0. The lowest BCUT2D eigenvalue weighted by Crippen LogP contribution is -2.18. The van der Waals surface area contributed by atoms with Crippen molar-refractivity contribution >= 4 is 5.97 Å². The van der Waals surface area contributed by atoms with E-state index in [0.29, 0.717) is 5.75 Å². The van der Waals surface area contributed by atoms with Crippen LogP contribution in [0.1, 0.15) is 32.4 Å². The zero-order valence-electron chi connectivity index (χ0n) is 10.5. The second-order valence-electron chi connectivity index (χ2n) is 4.19. The molecule has 0 spiro atoms. The van der Waals surface area contributed by atoms with Crippen molar-refractivity contribution in [3.8, 4) is 5.75 Å². The molecule has 2 N–H and O–H groups in total. The number of hydrogen-bond donors (Lipinski definition) is 1. The van der Waals surface area contributed by atoms with E-state index in [-0.39, 0.29) is 24.7 Å². The van der Waals surface area contributed by atoms with E-state index in [0.717, 1.165) is 5.56 Å². The van der Waals surface area contributed by atoms with Crippen LogP contribution in [0.2, 0.25) is 0 Å². The summed E-state index contributed by atoms with van der Waals surface area (Å²) in [4.78, 5) is 11.3. The average Bonchev–Trinajstić information content (AvgIpc) is 2.26. The maximum Gasteiger partial charge on any atom is 0.344 e. The summed E-state index contributed by atoms with van der Waals surface area (Å²) in [7, 11) is 0. The number of benzene rings is 1. The van der Waals surface area contributed by atoms with Crippen LogP contribution >= 0.6 is 0 Å². The molecule has 0 bridgehead atoms. The van der Waals surface area contributed by atoms with Gasteiger partial charge in [-0.1, -0.05) is 12.1 Å². The van der Waals surface area contributed by atoms with Crippen LogP contribution in [0.4, 0.5) is 0 Å². The van der Waals surface area contributed by atoms with Crippen LogP contribution in [0.25, 0.3) is 0 Å². The zero-order chi connectivity index (χ0) is 12.8. The van der Waals surface area contributed by atoms with E-state index in [1.807, 2.05) is 25.1 Å². The molecule has 94 valence electrons. The standard InChI is InChI=1S/C13H19NO3/c1-9(2)17-13(15)8-16-12-6-4-5-11(7-12)10(3)14/h4-7,9-10H,8,14H2,1-3H3/t10-/m0/s1. The van der Waals surface area contributed by atoms with Crippen LogP contribution in [0.3, 0.4) is 0 Å². The molecule has 1 aromatic carbocycles. The molecule has 1 rings (SSSR count). The first kappa shape index (κ1) is 13.5. The van der Waals surface area contributed by atoms with E-state index in [2.05, 4.69) is 0 Å². The molecular weight excluding hydrogens is 218 g/mol. The van der Waals surface area contributed by atoms with E-state index in [9.17, 15) is 4.79 Å². The summed E-state index contributed by atoms with van der Waals surface area (Å²) in [6.45, 7) is 5.41. The summed E-state index contributed by atoms with van der Waals surface area (Å²) in [5, 5.41) is 0. The fourth-order valence-corrected chi connectivity index (χ4v) is 1.33. The predicted octanol–water partition coefficient (Wildman–Crippen LogP) is 2.04. The van der Waals surface area contributed by atoms with Gasteiger partial charge in [0.05, 0.1) is 6.10 Å². The third kappa shape index (κ3) is 4.87. The SMILES string of the molecule is CC(C)OC(=O)COc1cccc([C@H](C)N)c1. The van der Waals surface area contributed by atoms with Crippen LogP contribution < -0.4 is 10.5 Å². The van der Waals surface area contributed by atoms with E-state index >= 15 is 0 Å². The Morgan fingerprint density at radius 1 is 1.35 bits per heavy atom. The second-order valence-corrected chi connectivity index (χ2v) is 4.19. The highest BCUT2D eigenvalue weighted by molar-refractivity contribution is 5.71. The number of ether oxygens (including phenoxy) is 2. The molecule has 0 aliphatic rings. The van der Waals surface area contributed by atoms with E-state index < -0.39 is 0 Å². The third-order valence-corrected chi connectivity index (χ3v) is 2.11. The summed E-state index contributed by atoms with van der Waals surface area (Å²) < 4.78 is 10.3. The largest absolute Gasteiger partial charge is 0.482 e. The molecule has 0 aromatic heterocycles. The van der Waals surface area contributed by atoms with Gasteiger partial charge in [-0.3, -0.25) is 0 Å². The Bertz CT molecular complexity index is 375. The van der Waals surface area contributed by atoms with Crippen molar-refractivity contribution in [3.05, 3.63) is 29.8 Å². The summed E-state index contributed by atoms with van der Waals surface area (Å²) in [6, 6.07) is 7.33. The van der Waals surface area contributed by atoms with Gasteiger partial charge < -0.3 is 15.2 Å². The van der Waals surface area contributed by atoms with Crippen molar-refractivity contribution in [3.63, 3.8) is 0 Å². The molecule has 0 saturated carbocycles. The van der Waals surface area contributed by atoms with Crippen molar-refractivity contribution in [2.24, 2.45) is 5.73 Å². The molecule has 0 fully saturated rings. The van der Waals surface area contributed by atoms with Crippen LogP contribution in [0.15, 0.2) is 24.3 Å². The Hall–Kier alpha value is -1.55. The normalized spacial score (nSPS) is 12.3. The van der Waals surface area contributed by atoms with Crippen LogP contribution in [0.5, 0.6) is 5.75 Å². The van der Waals surface area contributed by atoms with Gasteiger partial charge in [0.15, 0.2) is 6.61 Å². The minimum Gasteiger partial charge on any atom is -0.482 e. The molecule has 4 nitrogen and oxygen atoms in total. The van der Waals surface area contributed by atoms with Crippen molar-refractivity contribution in [1.29, 1.82) is 0 Å². The summed E-state index contributed by atoms with van der Waals surface area (Å²) in [5.74, 6) is 0.256. The minimum absolute atomic E-state index is 0.0545. The molecule has 17 heavy (non-hydrogen) atoms. The maximum atomic E-state index is 11.3. The first-order valence-electron chi connectivity index (χ1n) is 5.67. The fourth-order valence-electron chi connectivity index (χ4n) is 1.33. The second kappa shape index (κ2) is 6.25. The number of hydrogen-bond acceptors (Lipinski definition) is 4. The number of nitrogens with two attached hydrogens (primary N) is 1. The van der Waals surface area contributed by atoms with Gasteiger partial charge in [0, 0.05) is 6.04 Å². The monoisotopic (exact) mass is 237 g/mol. The van der Waals surface area contributed by atoms with E-state index in [4.69, 9.17) is 15.2 Å². The quantitative estimate of drug-likeness (QED) is 0.796. The highest BCUT2D eigenvalue weighted by atomic mass is 16.6.